The van der Waals surface area contributed by atoms with Crippen molar-refractivity contribution < 1.29 is 9.90 Å². The lowest BCUT2D eigenvalue weighted by atomic mass is 10.1. The van der Waals surface area contributed by atoms with Gasteiger partial charge in [0.1, 0.15) is 0 Å². The summed E-state index contributed by atoms with van der Waals surface area (Å²) in [4.78, 5) is 14.5. The number of pyridine rings is 1. The fourth-order valence-electron chi connectivity index (χ4n) is 1.57. The van der Waals surface area contributed by atoms with Gasteiger partial charge in [-0.25, -0.2) is 0 Å². The van der Waals surface area contributed by atoms with Crippen LogP contribution in [0.5, 0.6) is 0 Å². The maximum Gasteiger partial charge on any atom is 0.307 e. The van der Waals surface area contributed by atoms with Gasteiger partial charge in [-0.15, -0.1) is 0 Å². The number of rotatable bonds is 3. The largest absolute Gasteiger partial charge is 0.481 e. The summed E-state index contributed by atoms with van der Waals surface area (Å²) in [6.07, 6.45) is 7.03. The van der Waals surface area contributed by atoms with E-state index in [1.165, 1.54) is 0 Å². The number of hydrogen-bond donors (Lipinski definition) is 1. The fraction of sp³-hybridized carbons (Fsp3) is 0.0769. The van der Waals surface area contributed by atoms with Crippen molar-refractivity contribution in [3.05, 3.63) is 48.3 Å². The monoisotopic (exact) mass is 213 g/mol. The number of carboxylic acids is 1. The van der Waals surface area contributed by atoms with Crippen LogP contribution in [0, 0.1) is 0 Å². The van der Waals surface area contributed by atoms with Crippen molar-refractivity contribution in [2.24, 2.45) is 0 Å². The van der Waals surface area contributed by atoms with Crippen molar-refractivity contribution in [3.8, 4) is 0 Å². The molecule has 1 aromatic carbocycles. The number of aliphatic carboxylic acids is 1. The summed E-state index contributed by atoms with van der Waals surface area (Å²) >= 11 is 0. The van der Waals surface area contributed by atoms with Crippen LogP contribution in [0.2, 0.25) is 0 Å². The lowest BCUT2D eigenvalue weighted by molar-refractivity contribution is -0.135. The number of carbonyl (C=O) groups is 1. The molecule has 0 spiro atoms. The molecule has 0 aliphatic carbocycles. The summed E-state index contributed by atoms with van der Waals surface area (Å²) in [6.45, 7) is 0. The molecule has 0 radical (unpaired) electrons. The van der Waals surface area contributed by atoms with E-state index in [1.807, 2.05) is 30.3 Å². The minimum absolute atomic E-state index is 0.0383. The van der Waals surface area contributed by atoms with Crippen molar-refractivity contribution >= 4 is 22.8 Å². The SMILES string of the molecule is O=C(O)CC=Cc1cccc2ccncc12. The average molecular weight is 213 g/mol. The molecule has 0 bridgehead atoms. The Morgan fingerprint density at radius 1 is 1.38 bits per heavy atom. The van der Waals surface area contributed by atoms with Gasteiger partial charge >= 0.3 is 5.97 Å². The number of hydrogen-bond acceptors (Lipinski definition) is 2. The van der Waals surface area contributed by atoms with Gasteiger partial charge < -0.3 is 5.11 Å². The summed E-state index contributed by atoms with van der Waals surface area (Å²) in [5.41, 5.74) is 0.992. The highest BCUT2D eigenvalue weighted by molar-refractivity contribution is 5.90. The topological polar surface area (TPSA) is 50.2 Å². The standard InChI is InChI=1S/C13H11NO2/c15-13(16)6-2-5-10-3-1-4-11-7-8-14-9-12(10)11/h1-5,7-9H,6H2,(H,15,16). The molecular formula is C13H11NO2. The van der Waals surface area contributed by atoms with Crippen LogP contribution < -0.4 is 0 Å². The van der Waals surface area contributed by atoms with E-state index in [-0.39, 0.29) is 6.42 Å². The summed E-state index contributed by atoms with van der Waals surface area (Å²) in [7, 11) is 0. The summed E-state index contributed by atoms with van der Waals surface area (Å²) < 4.78 is 0. The first-order valence-electron chi connectivity index (χ1n) is 4.98. The van der Waals surface area contributed by atoms with Crippen molar-refractivity contribution in [3.63, 3.8) is 0 Å². The van der Waals surface area contributed by atoms with E-state index in [1.54, 1.807) is 18.5 Å². The van der Waals surface area contributed by atoms with Crippen molar-refractivity contribution in [1.29, 1.82) is 0 Å². The van der Waals surface area contributed by atoms with E-state index < -0.39 is 5.97 Å². The Morgan fingerprint density at radius 2 is 2.25 bits per heavy atom. The second-order valence-corrected chi connectivity index (χ2v) is 3.44. The molecule has 0 aliphatic rings. The van der Waals surface area contributed by atoms with Gasteiger partial charge in [-0.05, 0) is 17.0 Å². The van der Waals surface area contributed by atoms with E-state index in [0.717, 1.165) is 16.3 Å². The molecule has 1 heterocycles. The molecule has 2 rings (SSSR count). The number of fused-ring (bicyclic) bond motifs is 1. The highest BCUT2D eigenvalue weighted by Gasteiger charge is 1.97. The van der Waals surface area contributed by atoms with Gasteiger partial charge in [0, 0.05) is 17.8 Å². The van der Waals surface area contributed by atoms with Gasteiger partial charge in [0.2, 0.25) is 0 Å². The third kappa shape index (κ3) is 2.25. The van der Waals surface area contributed by atoms with E-state index in [0.29, 0.717) is 0 Å². The molecule has 0 aliphatic heterocycles. The Morgan fingerprint density at radius 3 is 3.06 bits per heavy atom. The zero-order valence-corrected chi connectivity index (χ0v) is 8.63. The van der Waals surface area contributed by atoms with E-state index in [2.05, 4.69) is 4.98 Å². The van der Waals surface area contributed by atoms with Crippen molar-refractivity contribution in [1.82, 2.24) is 4.98 Å². The van der Waals surface area contributed by atoms with Gasteiger partial charge in [-0.3, -0.25) is 9.78 Å². The smallest absolute Gasteiger partial charge is 0.307 e. The van der Waals surface area contributed by atoms with Crippen molar-refractivity contribution in [2.45, 2.75) is 6.42 Å². The van der Waals surface area contributed by atoms with Crippen LogP contribution in [0.1, 0.15) is 12.0 Å². The molecule has 16 heavy (non-hydrogen) atoms. The predicted molar refractivity (Wildman–Crippen MR) is 63.0 cm³/mol. The van der Waals surface area contributed by atoms with Crippen LogP contribution in [-0.4, -0.2) is 16.1 Å². The molecule has 0 saturated heterocycles. The maximum absolute atomic E-state index is 10.4. The van der Waals surface area contributed by atoms with Crippen LogP contribution in [0.4, 0.5) is 0 Å². The maximum atomic E-state index is 10.4. The first-order chi connectivity index (χ1) is 7.77. The molecule has 2 aromatic rings. The summed E-state index contributed by atoms with van der Waals surface area (Å²) in [5, 5.41) is 10.7. The molecule has 80 valence electrons. The Bertz CT molecular complexity index is 541. The highest BCUT2D eigenvalue weighted by atomic mass is 16.4. The molecule has 0 fully saturated rings. The van der Waals surface area contributed by atoms with Crippen LogP contribution >= 0.6 is 0 Å². The lowest BCUT2D eigenvalue weighted by Crippen LogP contribution is -1.89. The van der Waals surface area contributed by atoms with E-state index in [4.69, 9.17) is 5.11 Å². The second kappa shape index (κ2) is 4.57. The lowest BCUT2D eigenvalue weighted by Gasteiger charge is -2.00. The molecule has 1 N–H and O–H groups in total. The first-order valence-corrected chi connectivity index (χ1v) is 4.98. The van der Waals surface area contributed by atoms with Gasteiger partial charge in [-0.1, -0.05) is 30.4 Å². The number of aromatic nitrogens is 1. The molecule has 3 heteroatoms. The second-order valence-electron chi connectivity index (χ2n) is 3.44. The third-order valence-corrected chi connectivity index (χ3v) is 2.31. The molecule has 0 unspecified atom stereocenters. The van der Waals surface area contributed by atoms with Crippen LogP contribution in [0.15, 0.2) is 42.7 Å². The number of carboxylic acid groups (broad SMARTS) is 1. The summed E-state index contributed by atoms with van der Waals surface area (Å²) in [6, 6.07) is 7.83. The number of nitrogens with zero attached hydrogens (tertiary/aromatic N) is 1. The predicted octanol–water partition coefficient (Wildman–Crippen LogP) is 2.72. The third-order valence-electron chi connectivity index (χ3n) is 2.31. The Balaban J connectivity index is 2.37. The average Bonchev–Trinajstić information content (AvgIpc) is 2.29. The van der Waals surface area contributed by atoms with E-state index >= 15 is 0 Å². The van der Waals surface area contributed by atoms with Crippen LogP contribution in [0.3, 0.4) is 0 Å². The van der Waals surface area contributed by atoms with E-state index in [9.17, 15) is 4.79 Å². The number of benzene rings is 1. The Kier molecular flexibility index (Phi) is 2.96. The molecular weight excluding hydrogens is 202 g/mol. The molecule has 1 aromatic heterocycles. The Hall–Kier alpha value is -2.16. The molecule has 0 saturated carbocycles. The molecule has 3 nitrogen and oxygen atoms in total. The minimum atomic E-state index is -0.824. The normalized spacial score (nSPS) is 11.0. The minimum Gasteiger partial charge on any atom is -0.481 e. The molecule has 0 amide bonds. The summed E-state index contributed by atoms with van der Waals surface area (Å²) in [5.74, 6) is -0.824. The zero-order chi connectivity index (χ0) is 11.4. The van der Waals surface area contributed by atoms with Gasteiger partial charge in [-0.2, -0.15) is 0 Å². The first kappa shape index (κ1) is 10.4. The quantitative estimate of drug-likeness (QED) is 0.852. The van der Waals surface area contributed by atoms with Crippen LogP contribution in [-0.2, 0) is 4.79 Å². The molecule has 0 atom stereocenters. The Labute approximate surface area is 93.1 Å². The van der Waals surface area contributed by atoms with Gasteiger partial charge in [0.25, 0.3) is 0 Å². The van der Waals surface area contributed by atoms with Crippen molar-refractivity contribution in [2.75, 3.05) is 0 Å². The fourth-order valence-corrected chi connectivity index (χ4v) is 1.57. The van der Waals surface area contributed by atoms with Gasteiger partial charge in [0.15, 0.2) is 0 Å². The van der Waals surface area contributed by atoms with Gasteiger partial charge in [0.05, 0.1) is 6.42 Å². The highest BCUT2D eigenvalue weighted by Crippen LogP contribution is 2.18. The van der Waals surface area contributed by atoms with Crippen LogP contribution in [0.25, 0.3) is 16.8 Å². The zero-order valence-electron chi connectivity index (χ0n) is 8.63.